The first-order chi connectivity index (χ1) is 12.7. The zero-order valence-corrected chi connectivity index (χ0v) is 19.1. The molecular formula is C19H27IN6S. The Morgan fingerprint density at radius 3 is 2.78 bits per heavy atom. The highest BCUT2D eigenvalue weighted by molar-refractivity contribution is 14.0. The van der Waals surface area contributed by atoms with Crippen LogP contribution in [0.1, 0.15) is 12.1 Å². The van der Waals surface area contributed by atoms with Crippen molar-refractivity contribution in [2.24, 2.45) is 4.99 Å². The summed E-state index contributed by atoms with van der Waals surface area (Å²) in [4.78, 5) is 10.9. The third kappa shape index (κ3) is 5.83. The molecule has 2 N–H and O–H groups in total. The lowest BCUT2D eigenvalue weighted by Crippen LogP contribution is -2.37. The normalized spacial score (nSPS) is 11.3. The lowest BCUT2D eigenvalue weighted by atomic mass is 10.2. The second kappa shape index (κ2) is 10.5. The van der Waals surface area contributed by atoms with E-state index in [1.165, 1.54) is 10.9 Å². The van der Waals surface area contributed by atoms with Crippen molar-refractivity contribution in [3.8, 4) is 0 Å². The van der Waals surface area contributed by atoms with Crippen molar-refractivity contribution in [3.63, 3.8) is 0 Å². The summed E-state index contributed by atoms with van der Waals surface area (Å²) < 4.78 is 2.30. The van der Waals surface area contributed by atoms with Crippen molar-refractivity contribution in [2.45, 2.75) is 19.5 Å². The van der Waals surface area contributed by atoms with Gasteiger partial charge in [0, 0.05) is 51.3 Å². The first-order valence-electron chi connectivity index (χ1n) is 8.77. The van der Waals surface area contributed by atoms with Gasteiger partial charge in [-0.1, -0.05) is 18.2 Å². The van der Waals surface area contributed by atoms with Gasteiger partial charge in [0.1, 0.15) is 0 Å². The average Bonchev–Trinajstić information content (AvgIpc) is 3.28. The van der Waals surface area contributed by atoms with Crippen LogP contribution in [-0.2, 0) is 13.1 Å². The molecule has 8 heteroatoms. The molecule has 27 heavy (non-hydrogen) atoms. The van der Waals surface area contributed by atoms with Crippen molar-refractivity contribution < 1.29 is 0 Å². The summed E-state index contributed by atoms with van der Waals surface area (Å²) in [5.74, 6) is 0.807. The maximum atomic E-state index is 4.57. The van der Waals surface area contributed by atoms with Gasteiger partial charge in [-0.25, -0.2) is 4.98 Å². The SMILES string of the molecule is CN=C(NCCCn1ccc2ccccc21)NCc1csc(N(C)C)n1.I. The van der Waals surface area contributed by atoms with Gasteiger partial charge < -0.3 is 20.1 Å². The van der Waals surface area contributed by atoms with Gasteiger partial charge in [0.2, 0.25) is 0 Å². The lowest BCUT2D eigenvalue weighted by Gasteiger charge is -2.12. The smallest absolute Gasteiger partial charge is 0.191 e. The fourth-order valence-electron chi connectivity index (χ4n) is 2.77. The van der Waals surface area contributed by atoms with Gasteiger partial charge in [-0.3, -0.25) is 4.99 Å². The van der Waals surface area contributed by atoms with Gasteiger partial charge in [0.05, 0.1) is 12.2 Å². The first-order valence-corrected chi connectivity index (χ1v) is 9.65. The Balaban J connectivity index is 0.00000261. The summed E-state index contributed by atoms with van der Waals surface area (Å²) in [5.41, 5.74) is 2.32. The summed E-state index contributed by atoms with van der Waals surface area (Å²) in [7, 11) is 5.80. The highest BCUT2D eigenvalue weighted by Gasteiger charge is 2.05. The van der Waals surface area contributed by atoms with E-state index in [4.69, 9.17) is 0 Å². The molecule has 0 fully saturated rings. The molecule has 2 heterocycles. The van der Waals surface area contributed by atoms with Crippen molar-refractivity contribution in [1.29, 1.82) is 0 Å². The van der Waals surface area contributed by atoms with E-state index in [-0.39, 0.29) is 24.0 Å². The van der Waals surface area contributed by atoms with Crippen LogP contribution in [0.15, 0.2) is 46.9 Å². The minimum Gasteiger partial charge on any atom is -0.356 e. The summed E-state index contributed by atoms with van der Waals surface area (Å²) in [5, 5.41) is 11.1. The highest BCUT2D eigenvalue weighted by Crippen LogP contribution is 2.17. The predicted molar refractivity (Wildman–Crippen MR) is 127 cm³/mol. The van der Waals surface area contributed by atoms with Crippen LogP contribution >= 0.6 is 35.3 Å². The molecule has 0 aliphatic heterocycles. The second-order valence-corrected chi connectivity index (χ2v) is 7.13. The van der Waals surface area contributed by atoms with Crippen molar-refractivity contribution in [1.82, 2.24) is 20.2 Å². The van der Waals surface area contributed by atoms with Crippen LogP contribution in [0.3, 0.4) is 0 Å². The predicted octanol–water partition coefficient (Wildman–Crippen LogP) is 3.54. The van der Waals surface area contributed by atoms with Gasteiger partial charge in [-0.05, 0) is 23.9 Å². The van der Waals surface area contributed by atoms with Gasteiger partial charge >= 0.3 is 0 Å². The third-order valence-corrected chi connectivity index (χ3v) is 5.19. The molecular weight excluding hydrogens is 471 g/mol. The molecule has 3 rings (SSSR count). The molecule has 0 bridgehead atoms. The molecule has 0 aliphatic carbocycles. The summed E-state index contributed by atoms with van der Waals surface area (Å²) in [6, 6.07) is 10.6. The Hall–Kier alpha value is -1.81. The molecule has 0 amide bonds. The molecule has 3 aromatic rings. The Bertz CT molecular complexity index is 870. The number of hydrogen-bond donors (Lipinski definition) is 2. The molecule has 6 nitrogen and oxygen atoms in total. The number of halogens is 1. The Labute approximate surface area is 181 Å². The van der Waals surface area contributed by atoms with E-state index in [1.54, 1.807) is 18.4 Å². The largest absolute Gasteiger partial charge is 0.356 e. The Morgan fingerprint density at radius 2 is 2.04 bits per heavy atom. The monoisotopic (exact) mass is 498 g/mol. The maximum Gasteiger partial charge on any atom is 0.191 e. The number of aliphatic imine (C=N–C) groups is 1. The molecule has 0 unspecified atom stereocenters. The number of aromatic nitrogens is 2. The fraction of sp³-hybridized carbons (Fsp3) is 0.368. The first kappa shape index (κ1) is 21.5. The molecule has 0 atom stereocenters. The zero-order valence-electron chi connectivity index (χ0n) is 16.0. The Morgan fingerprint density at radius 1 is 1.22 bits per heavy atom. The third-order valence-electron chi connectivity index (χ3n) is 4.13. The topological polar surface area (TPSA) is 57.5 Å². The molecule has 0 saturated carbocycles. The summed E-state index contributed by atoms with van der Waals surface area (Å²) >= 11 is 1.65. The van der Waals surface area contributed by atoms with Crippen LogP contribution in [0.5, 0.6) is 0 Å². The number of anilines is 1. The maximum absolute atomic E-state index is 4.57. The van der Waals surface area contributed by atoms with E-state index in [1.807, 2.05) is 19.0 Å². The van der Waals surface area contributed by atoms with Crippen LogP contribution in [0, 0.1) is 0 Å². The van der Waals surface area contributed by atoms with Crippen LogP contribution in [-0.4, -0.2) is 43.2 Å². The standard InChI is InChI=1S/C19H26N6S.HI/c1-20-18(22-13-16-14-26-19(23-16)24(2)3)21-10-6-11-25-12-9-15-7-4-5-8-17(15)25;/h4-5,7-9,12,14H,6,10-11,13H2,1-3H3,(H2,20,21,22);1H. The van der Waals surface area contributed by atoms with Crippen molar-refractivity contribution >= 4 is 57.3 Å². The van der Waals surface area contributed by atoms with Gasteiger partial charge in [0.25, 0.3) is 0 Å². The highest BCUT2D eigenvalue weighted by atomic mass is 127. The average molecular weight is 498 g/mol. The zero-order chi connectivity index (χ0) is 18.4. The van der Waals surface area contributed by atoms with Crippen LogP contribution in [0.2, 0.25) is 0 Å². The number of nitrogens with one attached hydrogen (secondary N) is 2. The minimum atomic E-state index is 0. The molecule has 2 aromatic heterocycles. The molecule has 0 saturated heterocycles. The second-order valence-electron chi connectivity index (χ2n) is 6.29. The van der Waals surface area contributed by atoms with E-state index in [0.717, 1.165) is 36.3 Å². The number of hydrogen-bond acceptors (Lipinski definition) is 4. The number of fused-ring (bicyclic) bond motifs is 1. The van der Waals surface area contributed by atoms with Gasteiger partial charge in [0.15, 0.2) is 11.1 Å². The quantitative estimate of drug-likeness (QED) is 0.227. The number of thiazole rings is 1. The molecule has 0 aliphatic rings. The number of guanidine groups is 1. The van der Waals surface area contributed by atoms with E-state index in [9.17, 15) is 0 Å². The molecule has 1 aromatic carbocycles. The van der Waals surface area contributed by atoms with E-state index < -0.39 is 0 Å². The number of rotatable bonds is 7. The van der Waals surface area contributed by atoms with E-state index >= 15 is 0 Å². The summed E-state index contributed by atoms with van der Waals surface area (Å²) in [6.07, 6.45) is 3.18. The van der Waals surface area contributed by atoms with Gasteiger partial charge in [-0.15, -0.1) is 35.3 Å². The van der Waals surface area contributed by atoms with Crippen molar-refractivity contribution in [3.05, 3.63) is 47.6 Å². The fourth-order valence-corrected chi connectivity index (χ4v) is 3.53. The van der Waals surface area contributed by atoms with Crippen molar-refractivity contribution in [2.75, 3.05) is 32.6 Å². The number of para-hydroxylation sites is 1. The minimum absolute atomic E-state index is 0. The lowest BCUT2D eigenvalue weighted by molar-refractivity contribution is 0.640. The number of nitrogens with zero attached hydrogens (tertiary/aromatic N) is 4. The number of aryl methyl sites for hydroxylation is 1. The van der Waals surface area contributed by atoms with E-state index in [0.29, 0.717) is 6.54 Å². The molecule has 146 valence electrons. The molecule has 0 radical (unpaired) electrons. The number of benzene rings is 1. The van der Waals surface area contributed by atoms with E-state index in [2.05, 4.69) is 67.1 Å². The van der Waals surface area contributed by atoms with Crippen LogP contribution < -0.4 is 15.5 Å². The molecule has 0 spiro atoms. The summed E-state index contributed by atoms with van der Waals surface area (Å²) in [6.45, 7) is 2.52. The Kier molecular flexibility index (Phi) is 8.36. The van der Waals surface area contributed by atoms with Gasteiger partial charge in [-0.2, -0.15) is 0 Å². The van der Waals surface area contributed by atoms with Crippen LogP contribution in [0.25, 0.3) is 10.9 Å². The van der Waals surface area contributed by atoms with Crippen LogP contribution in [0.4, 0.5) is 5.13 Å².